The quantitative estimate of drug-likeness (QED) is 0.0679. The van der Waals surface area contributed by atoms with Crippen molar-refractivity contribution < 1.29 is 47.4 Å². The normalized spacial score (nSPS) is 11.4. The molecule has 0 aliphatic carbocycles. The van der Waals surface area contributed by atoms with Crippen LogP contribution in [0.2, 0.25) is 0 Å². The maximum atomic E-state index is 12.2. The predicted octanol–water partition coefficient (Wildman–Crippen LogP) is 0.612. The molecule has 49 heavy (non-hydrogen) atoms. The van der Waals surface area contributed by atoms with E-state index in [2.05, 4.69) is 25.3 Å². The van der Waals surface area contributed by atoms with Crippen LogP contribution in [-0.2, 0) is 55.8 Å². The number of carbonyl (C=O) groups is 1. The molecule has 3 aromatic rings. The van der Waals surface area contributed by atoms with Crippen LogP contribution in [0, 0.1) is 0 Å². The number of anilines is 1. The Balaban J connectivity index is 1.03. The molecule has 0 fully saturated rings. The van der Waals surface area contributed by atoms with Gasteiger partial charge < -0.3 is 64.4 Å². The second-order valence-electron chi connectivity index (χ2n) is 10.3. The van der Waals surface area contributed by atoms with E-state index >= 15 is 0 Å². The maximum Gasteiger partial charge on any atom is 0.245 e. The first-order valence-electron chi connectivity index (χ1n) is 16.4. The molecule has 274 valence electrons. The van der Waals surface area contributed by atoms with Gasteiger partial charge in [-0.1, -0.05) is 24.3 Å². The summed E-state index contributed by atoms with van der Waals surface area (Å²) in [5, 5.41) is 2.90. The third-order valence-corrected chi connectivity index (χ3v) is 6.50. The molecule has 17 heteroatoms. The number of aromatic amines is 1. The second kappa shape index (κ2) is 26.4. The van der Waals surface area contributed by atoms with E-state index < -0.39 is 0 Å². The summed E-state index contributed by atoms with van der Waals surface area (Å²) in [4.78, 5) is 27.4. The Hall–Kier alpha value is -3.52. The van der Waals surface area contributed by atoms with Crippen molar-refractivity contribution in [2.24, 2.45) is 5.73 Å². The molecule has 0 spiro atoms. The van der Waals surface area contributed by atoms with Crippen molar-refractivity contribution in [3.05, 3.63) is 41.7 Å². The lowest BCUT2D eigenvalue weighted by Gasteiger charge is -2.09. The monoisotopic (exact) mass is 693 g/mol. The Morgan fingerprint density at radius 3 is 1.63 bits per heavy atom. The van der Waals surface area contributed by atoms with E-state index in [-0.39, 0.29) is 18.3 Å². The van der Waals surface area contributed by atoms with Crippen LogP contribution in [-0.4, -0.2) is 138 Å². The van der Waals surface area contributed by atoms with Crippen LogP contribution in [0.15, 0.2) is 30.6 Å². The highest BCUT2D eigenvalue weighted by Crippen LogP contribution is 2.20. The molecule has 2 heterocycles. The number of benzene rings is 1. The molecule has 0 bridgehead atoms. The van der Waals surface area contributed by atoms with Crippen LogP contribution < -0.4 is 21.5 Å². The Labute approximate surface area is 286 Å². The molecular weight excluding hydrogens is 642 g/mol. The van der Waals surface area contributed by atoms with Gasteiger partial charge in [0.05, 0.1) is 112 Å². The SMILES string of the molecule is NCCOCCOCCOCCOCCOCCOCCOCCOCCC(=O)NCc1ccc(COc2nc(N)nc3nc[nH]c23)cc1. The molecule has 1 amide bonds. The number of nitrogens with zero attached hydrogens (tertiary/aromatic N) is 3. The highest BCUT2D eigenvalue weighted by molar-refractivity contribution is 5.76. The van der Waals surface area contributed by atoms with E-state index in [1.54, 1.807) is 0 Å². The van der Waals surface area contributed by atoms with Crippen LogP contribution in [0.3, 0.4) is 0 Å². The zero-order chi connectivity index (χ0) is 34.6. The summed E-state index contributed by atoms with van der Waals surface area (Å²) in [6, 6.07) is 7.72. The Bertz CT molecular complexity index is 1270. The average molecular weight is 694 g/mol. The highest BCUT2D eigenvalue weighted by atomic mass is 16.6. The van der Waals surface area contributed by atoms with Crippen LogP contribution in [0.4, 0.5) is 5.95 Å². The molecule has 0 radical (unpaired) electrons. The summed E-state index contributed by atoms with van der Waals surface area (Å²) in [6.07, 6.45) is 1.78. The van der Waals surface area contributed by atoms with Crippen molar-refractivity contribution in [3.8, 4) is 5.88 Å². The maximum absolute atomic E-state index is 12.2. The molecule has 0 aliphatic rings. The van der Waals surface area contributed by atoms with Crippen molar-refractivity contribution in [1.29, 1.82) is 0 Å². The number of rotatable bonds is 31. The van der Waals surface area contributed by atoms with Crippen molar-refractivity contribution >= 4 is 23.0 Å². The minimum atomic E-state index is -0.0899. The molecule has 1 aromatic carbocycles. The van der Waals surface area contributed by atoms with Crippen LogP contribution in [0.1, 0.15) is 17.5 Å². The van der Waals surface area contributed by atoms with Gasteiger partial charge in [0.25, 0.3) is 0 Å². The molecule has 2 aromatic heterocycles. The van der Waals surface area contributed by atoms with Gasteiger partial charge >= 0.3 is 0 Å². The Morgan fingerprint density at radius 2 is 1.12 bits per heavy atom. The highest BCUT2D eigenvalue weighted by Gasteiger charge is 2.10. The molecule has 0 atom stereocenters. The first-order chi connectivity index (χ1) is 24.2. The standard InChI is InChI=1S/C32H51N7O10/c33-6-8-42-10-12-44-14-16-46-18-20-48-22-21-47-19-17-45-15-13-43-11-9-41-7-5-28(40)35-23-26-1-3-27(4-2-26)24-49-31-29-30(37-25-36-29)38-32(34)39-31/h1-4,25H,5-24,33H2,(H,35,40)(H3,34,36,37,38,39). The summed E-state index contributed by atoms with van der Waals surface area (Å²) in [7, 11) is 0. The lowest BCUT2D eigenvalue weighted by molar-refractivity contribution is -0.122. The van der Waals surface area contributed by atoms with Crippen LogP contribution in [0.25, 0.3) is 11.2 Å². The van der Waals surface area contributed by atoms with Gasteiger partial charge in [-0.15, -0.1) is 0 Å². The van der Waals surface area contributed by atoms with Gasteiger partial charge in [0, 0.05) is 19.5 Å². The summed E-state index contributed by atoms with van der Waals surface area (Å²) >= 11 is 0. The third kappa shape index (κ3) is 18.7. The Morgan fingerprint density at radius 1 is 0.653 bits per heavy atom. The lowest BCUT2D eigenvalue weighted by Crippen LogP contribution is -2.24. The van der Waals surface area contributed by atoms with Gasteiger partial charge in [-0.25, -0.2) is 4.98 Å². The largest absolute Gasteiger partial charge is 0.471 e. The van der Waals surface area contributed by atoms with E-state index in [1.165, 1.54) is 6.33 Å². The molecular formula is C32H51N7O10. The molecule has 0 saturated carbocycles. The number of amides is 1. The summed E-state index contributed by atoms with van der Waals surface area (Å²) in [6.45, 7) is 8.89. The van der Waals surface area contributed by atoms with E-state index in [0.717, 1.165) is 11.1 Å². The molecule has 0 unspecified atom stereocenters. The molecule has 0 aliphatic heterocycles. The number of nitrogens with two attached hydrogens (primary N) is 2. The van der Waals surface area contributed by atoms with Crippen LogP contribution in [0.5, 0.6) is 5.88 Å². The van der Waals surface area contributed by atoms with Crippen molar-refractivity contribution in [1.82, 2.24) is 25.3 Å². The van der Waals surface area contributed by atoms with Crippen molar-refractivity contribution in [2.45, 2.75) is 19.6 Å². The first kappa shape index (κ1) is 39.9. The number of hydrogen-bond donors (Lipinski definition) is 4. The predicted molar refractivity (Wildman–Crippen MR) is 179 cm³/mol. The Kier molecular flexibility index (Phi) is 21.5. The third-order valence-electron chi connectivity index (χ3n) is 6.50. The van der Waals surface area contributed by atoms with Gasteiger partial charge in [0.15, 0.2) is 5.65 Å². The first-order valence-corrected chi connectivity index (χ1v) is 16.4. The number of nitrogen functional groups attached to an aromatic ring is 1. The molecule has 3 rings (SSSR count). The summed E-state index contributed by atoms with van der Waals surface area (Å²) in [5.74, 6) is 0.345. The van der Waals surface area contributed by atoms with Gasteiger partial charge in [-0.2, -0.15) is 9.97 Å². The number of fused-ring (bicyclic) bond motifs is 1. The minimum Gasteiger partial charge on any atom is -0.471 e. The van der Waals surface area contributed by atoms with E-state index in [0.29, 0.717) is 142 Å². The zero-order valence-corrected chi connectivity index (χ0v) is 28.1. The van der Waals surface area contributed by atoms with Gasteiger partial charge in [-0.05, 0) is 11.1 Å². The smallest absolute Gasteiger partial charge is 0.245 e. The molecule has 0 saturated heterocycles. The number of carbonyl (C=O) groups excluding carboxylic acids is 1. The summed E-state index contributed by atoms with van der Waals surface area (Å²) < 4.78 is 49.2. The number of ether oxygens (including phenoxy) is 9. The lowest BCUT2D eigenvalue weighted by atomic mass is 10.1. The fraction of sp³-hybridized carbons (Fsp3) is 0.625. The zero-order valence-electron chi connectivity index (χ0n) is 28.1. The van der Waals surface area contributed by atoms with Gasteiger partial charge in [-0.3, -0.25) is 4.79 Å². The number of nitrogens with one attached hydrogen (secondary N) is 2. The number of aromatic nitrogens is 4. The van der Waals surface area contributed by atoms with E-state index in [4.69, 9.17) is 54.1 Å². The fourth-order valence-corrected chi connectivity index (χ4v) is 4.01. The molecule has 17 nitrogen and oxygen atoms in total. The van der Waals surface area contributed by atoms with Crippen molar-refractivity contribution in [2.75, 3.05) is 118 Å². The van der Waals surface area contributed by atoms with Crippen molar-refractivity contribution in [3.63, 3.8) is 0 Å². The average Bonchev–Trinajstić information content (AvgIpc) is 3.59. The van der Waals surface area contributed by atoms with Crippen LogP contribution >= 0.6 is 0 Å². The van der Waals surface area contributed by atoms with Gasteiger partial charge in [0.1, 0.15) is 12.1 Å². The fourth-order valence-electron chi connectivity index (χ4n) is 4.01. The van der Waals surface area contributed by atoms with E-state index in [1.807, 2.05) is 24.3 Å². The number of imidazole rings is 1. The van der Waals surface area contributed by atoms with Gasteiger partial charge in [0.2, 0.25) is 17.7 Å². The number of H-pyrrole nitrogens is 1. The summed E-state index contributed by atoms with van der Waals surface area (Å²) in [5.41, 5.74) is 14.0. The number of hydrogen-bond acceptors (Lipinski definition) is 15. The molecule has 6 N–H and O–H groups in total. The minimum absolute atomic E-state index is 0.0899. The van der Waals surface area contributed by atoms with E-state index in [9.17, 15) is 4.79 Å². The topological polar surface area (TPSA) is 219 Å². The second-order valence-corrected chi connectivity index (χ2v) is 10.3.